The predicted octanol–water partition coefficient (Wildman–Crippen LogP) is 2.58. The fourth-order valence-corrected chi connectivity index (χ4v) is 2.40. The highest BCUT2D eigenvalue weighted by Crippen LogP contribution is 2.49. The van der Waals surface area contributed by atoms with Gasteiger partial charge in [0.15, 0.2) is 0 Å². The quantitative estimate of drug-likeness (QED) is 0.360. The van der Waals surface area contributed by atoms with E-state index in [1.807, 2.05) is 0 Å². The van der Waals surface area contributed by atoms with Crippen LogP contribution in [0.3, 0.4) is 0 Å². The Balaban J connectivity index is 2.29. The minimum Gasteiger partial charge on any atom is -0.119 e. The van der Waals surface area contributed by atoms with Crippen LogP contribution in [0, 0.1) is 11.8 Å². The van der Waals surface area contributed by atoms with Crippen LogP contribution in [-0.2, 0) is 0 Å². The zero-order valence-corrected chi connectivity index (χ0v) is 6.36. The van der Waals surface area contributed by atoms with Gasteiger partial charge >= 0.3 is 0 Å². The highest BCUT2D eigenvalue weighted by Gasteiger charge is 2.43. The molecule has 0 heterocycles. The summed E-state index contributed by atoms with van der Waals surface area (Å²) in [5.74, 6) is 1.47. The molecule has 3 atom stereocenters. The molecular formula is C8H11Cl. The van der Waals surface area contributed by atoms with E-state index in [9.17, 15) is 0 Å². The van der Waals surface area contributed by atoms with E-state index in [2.05, 4.69) is 19.1 Å². The molecule has 0 N–H and O–H groups in total. The van der Waals surface area contributed by atoms with Crippen molar-refractivity contribution in [3.63, 3.8) is 0 Å². The normalized spacial score (nSPS) is 54.9. The number of rotatable bonds is 0. The van der Waals surface area contributed by atoms with Gasteiger partial charge in [-0.3, -0.25) is 0 Å². The largest absolute Gasteiger partial charge is 0.119 e. The van der Waals surface area contributed by atoms with E-state index in [1.54, 1.807) is 0 Å². The number of fused-ring (bicyclic) bond motifs is 2. The summed E-state index contributed by atoms with van der Waals surface area (Å²) in [5, 5.41) is 0. The molecule has 0 aromatic carbocycles. The third-order valence-electron chi connectivity index (χ3n) is 2.61. The zero-order chi connectivity index (χ0) is 6.48. The van der Waals surface area contributed by atoms with Gasteiger partial charge < -0.3 is 0 Å². The molecule has 0 radical (unpaired) electrons. The average molecular weight is 143 g/mol. The number of allylic oxidation sites excluding steroid dienone is 2. The first-order valence-electron chi connectivity index (χ1n) is 3.56. The van der Waals surface area contributed by atoms with E-state index in [1.165, 1.54) is 12.8 Å². The van der Waals surface area contributed by atoms with Crippen LogP contribution in [0.1, 0.15) is 19.8 Å². The van der Waals surface area contributed by atoms with E-state index < -0.39 is 0 Å². The molecule has 0 aromatic rings. The lowest BCUT2D eigenvalue weighted by Crippen LogP contribution is -2.21. The van der Waals surface area contributed by atoms with Crippen LogP contribution >= 0.6 is 11.6 Å². The summed E-state index contributed by atoms with van der Waals surface area (Å²) in [5.41, 5.74) is 0. The molecule has 1 saturated carbocycles. The first-order valence-corrected chi connectivity index (χ1v) is 3.93. The Morgan fingerprint density at radius 3 is 2.56 bits per heavy atom. The van der Waals surface area contributed by atoms with Crippen LogP contribution in [0.25, 0.3) is 0 Å². The van der Waals surface area contributed by atoms with Crippen molar-refractivity contribution in [3.05, 3.63) is 12.2 Å². The molecule has 1 heteroatoms. The van der Waals surface area contributed by atoms with Crippen molar-refractivity contribution in [1.29, 1.82) is 0 Å². The molecule has 3 unspecified atom stereocenters. The maximum Gasteiger partial charge on any atom is 0.0486 e. The molecule has 0 aromatic heterocycles. The molecule has 2 bridgehead atoms. The van der Waals surface area contributed by atoms with Gasteiger partial charge in [-0.25, -0.2) is 0 Å². The van der Waals surface area contributed by atoms with Gasteiger partial charge in [0.1, 0.15) is 0 Å². The minimum absolute atomic E-state index is 0.0966. The summed E-state index contributed by atoms with van der Waals surface area (Å²) in [7, 11) is 0. The van der Waals surface area contributed by atoms with Crippen molar-refractivity contribution in [2.24, 2.45) is 11.8 Å². The lowest BCUT2D eigenvalue weighted by molar-refractivity contribution is 0.535. The molecule has 0 saturated heterocycles. The summed E-state index contributed by atoms with van der Waals surface area (Å²) < 4.78 is 0. The second-order valence-electron chi connectivity index (χ2n) is 3.47. The maximum absolute atomic E-state index is 6.21. The number of hydrogen-bond acceptors (Lipinski definition) is 0. The Hall–Kier alpha value is 0.0300. The van der Waals surface area contributed by atoms with Gasteiger partial charge in [0, 0.05) is 4.87 Å². The minimum atomic E-state index is 0.0966. The molecule has 50 valence electrons. The van der Waals surface area contributed by atoms with Gasteiger partial charge in [0.25, 0.3) is 0 Å². The van der Waals surface area contributed by atoms with Crippen LogP contribution in [0.5, 0.6) is 0 Å². The molecule has 1 fully saturated rings. The first-order chi connectivity index (χ1) is 4.18. The van der Waals surface area contributed by atoms with Crippen molar-refractivity contribution in [2.45, 2.75) is 24.6 Å². The van der Waals surface area contributed by atoms with Gasteiger partial charge in [-0.1, -0.05) is 12.2 Å². The molecule has 2 aliphatic carbocycles. The zero-order valence-electron chi connectivity index (χ0n) is 5.60. The Kier molecular flexibility index (Phi) is 0.993. The van der Waals surface area contributed by atoms with Gasteiger partial charge in [-0.2, -0.15) is 0 Å². The second kappa shape index (κ2) is 1.54. The Bertz CT molecular complexity index is 158. The van der Waals surface area contributed by atoms with Crippen molar-refractivity contribution in [3.8, 4) is 0 Å². The maximum atomic E-state index is 6.21. The van der Waals surface area contributed by atoms with E-state index in [0.717, 1.165) is 5.92 Å². The van der Waals surface area contributed by atoms with E-state index in [4.69, 9.17) is 11.6 Å². The summed E-state index contributed by atoms with van der Waals surface area (Å²) >= 11 is 6.21. The second-order valence-corrected chi connectivity index (χ2v) is 4.33. The number of halogens is 1. The monoisotopic (exact) mass is 142 g/mol. The topological polar surface area (TPSA) is 0 Å². The lowest BCUT2D eigenvalue weighted by Gasteiger charge is -2.22. The van der Waals surface area contributed by atoms with E-state index in [-0.39, 0.29) is 4.87 Å². The van der Waals surface area contributed by atoms with Crippen LogP contribution in [0.2, 0.25) is 0 Å². The lowest BCUT2D eigenvalue weighted by atomic mass is 9.95. The summed E-state index contributed by atoms with van der Waals surface area (Å²) in [6, 6.07) is 0. The van der Waals surface area contributed by atoms with Crippen molar-refractivity contribution in [1.82, 2.24) is 0 Å². The van der Waals surface area contributed by atoms with Gasteiger partial charge in [0.05, 0.1) is 0 Å². The Labute approximate surface area is 60.9 Å². The Morgan fingerprint density at radius 1 is 1.56 bits per heavy atom. The number of alkyl halides is 1. The molecular weight excluding hydrogens is 132 g/mol. The molecule has 0 spiro atoms. The Morgan fingerprint density at radius 2 is 2.33 bits per heavy atom. The van der Waals surface area contributed by atoms with E-state index >= 15 is 0 Å². The van der Waals surface area contributed by atoms with Gasteiger partial charge in [-0.15, -0.1) is 11.6 Å². The van der Waals surface area contributed by atoms with Crippen LogP contribution in [0.15, 0.2) is 12.2 Å². The third-order valence-corrected chi connectivity index (χ3v) is 3.04. The highest BCUT2D eigenvalue weighted by atomic mass is 35.5. The highest BCUT2D eigenvalue weighted by molar-refractivity contribution is 6.24. The molecule has 0 nitrogen and oxygen atoms in total. The molecule has 0 amide bonds. The van der Waals surface area contributed by atoms with Crippen molar-refractivity contribution in [2.75, 3.05) is 0 Å². The molecule has 0 aliphatic heterocycles. The van der Waals surface area contributed by atoms with Crippen molar-refractivity contribution >= 4 is 11.6 Å². The first kappa shape index (κ1) is 5.79. The smallest absolute Gasteiger partial charge is 0.0486 e. The van der Waals surface area contributed by atoms with E-state index in [0.29, 0.717) is 5.92 Å². The summed E-state index contributed by atoms with van der Waals surface area (Å²) in [4.78, 5) is 0.0966. The fraction of sp³-hybridized carbons (Fsp3) is 0.750. The van der Waals surface area contributed by atoms with Crippen molar-refractivity contribution < 1.29 is 0 Å². The summed E-state index contributed by atoms with van der Waals surface area (Å²) in [6.07, 6.45) is 7.09. The average Bonchev–Trinajstić information content (AvgIpc) is 2.19. The number of hydrogen-bond donors (Lipinski definition) is 0. The standard InChI is InChI=1S/C8H11Cl/c1-8(9)5-6-2-3-7(8)4-6/h2-3,6-7H,4-5H2,1H3. The molecule has 2 aliphatic rings. The predicted molar refractivity (Wildman–Crippen MR) is 39.6 cm³/mol. The molecule has 2 rings (SSSR count). The van der Waals surface area contributed by atoms with Crippen LogP contribution in [-0.4, -0.2) is 4.87 Å². The van der Waals surface area contributed by atoms with Gasteiger partial charge in [0.2, 0.25) is 0 Å². The van der Waals surface area contributed by atoms with Crippen LogP contribution < -0.4 is 0 Å². The fourth-order valence-electron chi connectivity index (χ4n) is 2.04. The SMILES string of the molecule is CC1(Cl)CC2C=CC1C2. The third kappa shape index (κ3) is 0.728. The van der Waals surface area contributed by atoms with Crippen LogP contribution in [0.4, 0.5) is 0 Å². The van der Waals surface area contributed by atoms with Gasteiger partial charge in [-0.05, 0) is 31.6 Å². The molecule has 9 heavy (non-hydrogen) atoms. The summed E-state index contributed by atoms with van der Waals surface area (Å²) in [6.45, 7) is 2.16.